The summed E-state index contributed by atoms with van der Waals surface area (Å²) < 4.78 is 0. The molecule has 0 spiro atoms. The molecule has 0 aliphatic rings. The molecule has 3 nitrogen and oxygen atoms in total. The van der Waals surface area contributed by atoms with Gasteiger partial charge in [0.25, 0.3) is 0 Å². The molecule has 0 aliphatic heterocycles. The van der Waals surface area contributed by atoms with Gasteiger partial charge in [-0.3, -0.25) is 0 Å². The number of hydrogen-bond donors (Lipinski definition) is 1. The van der Waals surface area contributed by atoms with Crippen LogP contribution in [-0.4, -0.2) is 15.4 Å². The highest BCUT2D eigenvalue weighted by atomic mass is 15.3. The quantitative estimate of drug-likeness (QED) is 0.743. The van der Waals surface area contributed by atoms with Gasteiger partial charge in [-0.2, -0.15) is 15.4 Å². The fraction of sp³-hybridized carbons (Fsp3) is 0.467. The van der Waals surface area contributed by atoms with Crippen molar-refractivity contribution >= 4 is 0 Å². The molecule has 0 atom stereocenters. The molecule has 18 heavy (non-hydrogen) atoms. The van der Waals surface area contributed by atoms with E-state index in [0.29, 0.717) is 0 Å². The van der Waals surface area contributed by atoms with Crippen molar-refractivity contribution < 1.29 is 0 Å². The Morgan fingerprint density at radius 1 is 1.22 bits per heavy atom. The van der Waals surface area contributed by atoms with Crippen LogP contribution in [0.25, 0.3) is 0 Å². The molecule has 1 N–H and O–H groups in total. The van der Waals surface area contributed by atoms with E-state index in [-0.39, 0.29) is 0 Å². The van der Waals surface area contributed by atoms with Gasteiger partial charge in [0.05, 0.1) is 11.4 Å². The lowest BCUT2D eigenvalue weighted by atomic mass is 9.99. The van der Waals surface area contributed by atoms with E-state index in [0.717, 1.165) is 37.1 Å². The fourth-order valence-corrected chi connectivity index (χ4v) is 2.07. The standard InChI is InChI=1S/C15H23N3/c1-5-9-13(12(6-2)7-3)10-11-15-14(8-4)16-18-17-15/h5-6,9H,2,7-8,10-11H2,1,3-4H3,(H,16,17,18)/b9-5-,13-12-. The highest BCUT2D eigenvalue weighted by Gasteiger charge is 2.07. The molecule has 0 fully saturated rings. The van der Waals surface area contributed by atoms with Crippen LogP contribution in [0, 0.1) is 0 Å². The normalized spacial score (nSPS) is 12.8. The first-order chi connectivity index (χ1) is 8.76. The van der Waals surface area contributed by atoms with Crippen molar-refractivity contribution in [1.82, 2.24) is 15.4 Å². The number of aryl methyl sites for hydroxylation is 2. The number of allylic oxidation sites excluding steroid dienone is 5. The van der Waals surface area contributed by atoms with Gasteiger partial charge in [0.1, 0.15) is 0 Å². The third-order valence-electron chi connectivity index (χ3n) is 3.08. The molecule has 0 saturated carbocycles. The molecule has 0 amide bonds. The number of hydrogen-bond acceptors (Lipinski definition) is 2. The minimum absolute atomic E-state index is 0.927. The zero-order chi connectivity index (χ0) is 13.4. The van der Waals surface area contributed by atoms with E-state index in [4.69, 9.17) is 0 Å². The number of nitrogens with zero attached hydrogens (tertiary/aromatic N) is 2. The smallest absolute Gasteiger partial charge is 0.0859 e. The maximum atomic E-state index is 4.22. The van der Waals surface area contributed by atoms with Crippen LogP contribution in [0.15, 0.2) is 36.0 Å². The van der Waals surface area contributed by atoms with Gasteiger partial charge < -0.3 is 0 Å². The van der Waals surface area contributed by atoms with E-state index >= 15 is 0 Å². The lowest BCUT2D eigenvalue weighted by Crippen LogP contribution is -1.95. The van der Waals surface area contributed by atoms with E-state index < -0.39 is 0 Å². The predicted octanol–water partition coefficient (Wildman–Crippen LogP) is 3.77. The summed E-state index contributed by atoms with van der Waals surface area (Å²) in [6.45, 7) is 10.2. The molecular formula is C15H23N3. The molecule has 0 radical (unpaired) electrons. The first kappa shape index (κ1) is 14.4. The number of nitrogens with one attached hydrogen (secondary N) is 1. The summed E-state index contributed by atoms with van der Waals surface area (Å²) in [5.74, 6) is 0. The van der Waals surface area contributed by atoms with Gasteiger partial charge in [0, 0.05) is 0 Å². The Kier molecular flexibility index (Phi) is 6.12. The molecule has 1 aromatic rings. The van der Waals surface area contributed by atoms with E-state index in [2.05, 4.69) is 48.0 Å². The fourth-order valence-electron chi connectivity index (χ4n) is 2.07. The van der Waals surface area contributed by atoms with Crippen molar-refractivity contribution in [2.75, 3.05) is 0 Å². The maximum absolute atomic E-state index is 4.22. The zero-order valence-corrected chi connectivity index (χ0v) is 11.7. The van der Waals surface area contributed by atoms with Crippen LogP contribution in [0.3, 0.4) is 0 Å². The second kappa shape index (κ2) is 7.64. The van der Waals surface area contributed by atoms with Gasteiger partial charge in [-0.1, -0.05) is 38.7 Å². The molecule has 1 heterocycles. The second-order valence-electron chi connectivity index (χ2n) is 4.18. The molecule has 0 saturated heterocycles. The predicted molar refractivity (Wildman–Crippen MR) is 76.4 cm³/mol. The largest absolute Gasteiger partial charge is 0.197 e. The third-order valence-corrected chi connectivity index (χ3v) is 3.08. The summed E-state index contributed by atoms with van der Waals surface area (Å²) in [7, 11) is 0. The van der Waals surface area contributed by atoms with Gasteiger partial charge in [-0.05, 0) is 43.8 Å². The minimum atomic E-state index is 0.927. The Hall–Kier alpha value is -1.64. The van der Waals surface area contributed by atoms with Crippen molar-refractivity contribution in [2.24, 2.45) is 0 Å². The molecule has 1 rings (SSSR count). The van der Waals surface area contributed by atoms with Gasteiger partial charge >= 0.3 is 0 Å². The number of rotatable bonds is 7. The molecule has 0 unspecified atom stereocenters. The molecule has 0 bridgehead atoms. The molecule has 98 valence electrons. The average molecular weight is 245 g/mol. The van der Waals surface area contributed by atoms with E-state index in [9.17, 15) is 0 Å². The van der Waals surface area contributed by atoms with Gasteiger partial charge in [0.15, 0.2) is 0 Å². The van der Waals surface area contributed by atoms with Gasteiger partial charge in [-0.15, -0.1) is 0 Å². The van der Waals surface area contributed by atoms with Crippen LogP contribution in [0.1, 0.15) is 45.0 Å². The monoisotopic (exact) mass is 245 g/mol. The highest BCUT2D eigenvalue weighted by Crippen LogP contribution is 2.18. The molecular weight excluding hydrogens is 222 g/mol. The Balaban J connectivity index is 2.80. The Bertz CT molecular complexity index is 438. The zero-order valence-electron chi connectivity index (χ0n) is 11.7. The van der Waals surface area contributed by atoms with Crippen molar-refractivity contribution in [3.8, 4) is 0 Å². The summed E-state index contributed by atoms with van der Waals surface area (Å²) >= 11 is 0. The van der Waals surface area contributed by atoms with Crippen molar-refractivity contribution in [1.29, 1.82) is 0 Å². The molecule has 0 aromatic carbocycles. The topological polar surface area (TPSA) is 41.6 Å². The summed E-state index contributed by atoms with van der Waals surface area (Å²) in [5.41, 5.74) is 4.82. The van der Waals surface area contributed by atoms with E-state index in [1.807, 2.05) is 13.0 Å². The average Bonchev–Trinajstić information content (AvgIpc) is 2.84. The van der Waals surface area contributed by atoms with Crippen LogP contribution in [-0.2, 0) is 12.8 Å². The van der Waals surface area contributed by atoms with Gasteiger partial charge in [0.2, 0.25) is 0 Å². The van der Waals surface area contributed by atoms with Crippen LogP contribution in [0.4, 0.5) is 0 Å². The summed E-state index contributed by atoms with van der Waals surface area (Å²) in [6.07, 6.45) is 10.1. The molecule has 3 heteroatoms. The summed E-state index contributed by atoms with van der Waals surface area (Å²) in [4.78, 5) is 0. The maximum Gasteiger partial charge on any atom is 0.0859 e. The number of H-pyrrole nitrogens is 1. The van der Waals surface area contributed by atoms with Gasteiger partial charge in [-0.25, -0.2) is 0 Å². The van der Waals surface area contributed by atoms with E-state index in [1.54, 1.807) is 0 Å². The minimum Gasteiger partial charge on any atom is -0.197 e. The first-order valence-electron chi connectivity index (χ1n) is 6.62. The SMILES string of the molecule is C=C/C(CC)=C(\C=C/C)CCc1n[nH]nc1CC. The van der Waals surface area contributed by atoms with Crippen molar-refractivity contribution in [3.63, 3.8) is 0 Å². The van der Waals surface area contributed by atoms with Crippen LogP contribution >= 0.6 is 0 Å². The Morgan fingerprint density at radius 2 is 1.94 bits per heavy atom. The van der Waals surface area contributed by atoms with Crippen LogP contribution < -0.4 is 0 Å². The third kappa shape index (κ3) is 3.69. The lowest BCUT2D eigenvalue weighted by molar-refractivity contribution is 0.864. The molecule has 1 aromatic heterocycles. The second-order valence-corrected chi connectivity index (χ2v) is 4.18. The Labute approximate surface area is 110 Å². The van der Waals surface area contributed by atoms with Crippen LogP contribution in [0.2, 0.25) is 0 Å². The van der Waals surface area contributed by atoms with E-state index in [1.165, 1.54) is 11.1 Å². The number of aromatic nitrogens is 3. The van der Waals surface area contributed by atoms with Crippen LogP contribution in [0.5, 0.6) is 0 Å². The molecule has 0 aliphatic carbocycles. The van der Waals surface area contributed by atoms with Crippen molar-refractivity contribution in [2.45, 2.75) is 46.5 Å². The Morgan fingerprint density at radius 3 is 2.50 bits per heavy atom. The first-order valence-corrected chi connectivity index (χ1v) is 6.62. The summed E-state index contributed by atoms with van der Waals surface area (Å²) in [6, 6.07) is 0. The lowest BCUT2D eigenvalue weighted by Gasteiger charge is -2.07. The summed E-state index contributed by atoms with van der Waals surface area (Å²) in [5, 5.41) is 11.1. The number of aromatic amines is 1. The van der Waals surface area contributed by atoms with Crippen molar-refractivity contribution in [3.05, 3.63) is 47.3 Å². The highest BCUT2D eigenvalue weighted by molar-refractivity contribution is 5.32.